The van der Waals surface area contributed by atoms with Crippen molar-refractivity contribution in [3.8, 4) is 28.5 Å². The number of aromatic nitrogens is 2. The molecule has 1 heterocycles. The van der Waals surface area contributed by atoms with Gasteiger partial charge < -0.3 is 14.2 Å². The summed E-state index contributed by atoms with van der Waals surface area (Å²) in [5.41, 5.74) is 1.32. The van der Waals surface area contributed by atoms with Gasteiger partial charge in [-0.15, -0.1) is 10.2 Å². The van der Waals surface area contributed by atoms with E-state index in [1.165, 1.54) is 0 Å². The first-order chi connectivity index (χ1) is 9.19. The molecule has 0 aliphatic heterocycles. The molecule has 0 aliphatic rings. The Morgan fingerprint density at radius 1 is 0.895 bits per heavy atom. The van der Waals surface area contributed by atoms with Crippen molar-refractivity contribution in [3.05, 3.63) is 29.4 Å². The lowest BCUT2D eigenvalue weighted by Gasteiger charge is -2.14. The van der Waals surface area contributed by atoms with Crippen LogP contribution in [-0.4, -0.2) is 31.5 Å². The summed E-state index contributed by atoms with van der Waals surface area (Å²) in [5, 5.41) is 8.19. The summed E-state index contributed by atoms with van der Waals surface area (Å²) in [4.78, 5) is 0. The zero-order chi connectivity index (χ0) is 13.8. The molecule has 19 heavy (non-hydrogen) atoms. The van der Waals surface area contributed by atoms with Crippen molar-refractivity contribution in [1.29, 1.82) is 0 Å². The molecule has 0 radical (unpaired) electrons. The third-order valence-electron chi connectivity index (χ3n) is 2.60. The second kappa shape index (κ2) is 5.75. The minimum atomic E-state index is 0.329. The van der Waals surface area contributed by atoms with Gasteiger partial charge in [0.15, 0.2) is 5.15 Å². The summed E-state index contributed by atoms with van der Waals surface area (Å²) in [5.74, 6) is 1.82. The fourth-order valence-electron chi connectivity index (χ4n) is 1.71. The lowest BCUT2D eigenvalue weighted by molar-refractivity contribution is 0.377. The fourth-order valence-corrected chi connectivity index (χ4v) is 1.81. The number of rotatable bonds is 4. The van der Waals surface area contributed by atoms with Crippen molar-refractivity contribution in [1.82, 2.24) is 10.2 Å². The predicted molar refractivity (Wildman–Crippen MR) is 72.1 cm³/mol. The van der Waals surface area contributed by atoms with Crippen molar-refractivity contribution < 1.29 is 14.2 Å². The topological polar surface area (TPSA) is 53.5 Å². The Labute approximate surface area is 116 Å². The molecular weight excluding hydrogens is 268 g/mol. The van der Waals surface area contributed by atoms with E-state index in [9.17, 15) is 0 Å². The van der Waals surface area contributed by atoms with Gasteiger partial charge in [-0.3, -0.25) is 0 Å². The first-order valence-electron chi connectivity index (χ1n) is 5.49. The molecule has 0 aliphatic carbocycles. The maximum atomic E-state index is 5.74. The summed E-state index contributed by atoms with van der Waals surface area (Å²) in [6.45, 7) is 0. The average molecular weight is 281 g/mol. The highest BCUT2D eigenvalue weighted by atomic mass is 35.5. The molecule has 6 heteroatoms. The Kier molecular flexibility index (Phi) is 4.06. The Bertz CT molecular complexity index is 548. The summed E-state index contributed by atoms with van der Waals surface area (Å²) in [6.07, 6.45) is 0. The normalized spacial score (nSPS) is 10.1. The van der Waals surface area contributed by atoms with Gasteiger partial charge in [-0.05, 0) is 12.1 Å². The van der Waals surface area contributed by atoms with Crippen LogP contribution in [0.2, 0.25) is 5.15 Å². The molecule has 0 spiro atoms. The van der Waals surface area contributed by atoms with Crippen LogP contribution >= 0.6 is 11.6 Å². The van der Waals surface area contributed by atoms with Gasteiger partial charge in [0.2, 0.25) is 0 Å². The second-order valence-electron chi connectivity index (χ2n) is 3.65. The van der Waals surface area contributed by atoms with Crippen molar-refractivity contribution >= 4 is 11.6 Å². The number of ether oxygens (including phenoxy) is 3. The minimum Gasteiger partial charge on any atom is -0.496 e. The van der Waals surface area contributed by atoms with Gasteiger partial charge in [0.1, 0.15) is 22.9 Å². The summed E-state index contributed by atoms with van der Waals surface area (Å²) >= 11 is 5.74. The summed E-state index contributed by atoms with van der Waals surface area (Å²) in [7, 11) is 4.72. The van der Waals surface area contributed by atoms with Crippen LogP contribution in [0.4, 0.5) is 0 Å². The Morgan fingerprint density at radius 3 is 1.95 bits per heavy atom. The third kappa shape index (κ3) is 2.71. The fraction of sp³-hybridized carbons (Fsp3) is 0.231. The highest BCUT2D eigenvalue weighted by Gasteiger charge is 2.16. The van der Waals surface area contributed by atoms with Gasteiger partial charge in [0.25, 0.3) is 0 Å². The first kappa shape index (κ1) is 13.4. The number of halogens is 1. The second-order valence-corrected chi connectivity index (χ2v) is 4.04. The van der Waals surface area contributed by atoms with E-state index in [0.29, 0.717) is 33.7 Å². The highest BCUT2D eigenvalue weighted by molar-refractivity contribution is 6.29. The molecule has 0 fully saturated rings. The van der Waals surface area contributed by atoms with Crippen molar-refractivity contribution in [2.45, 2.75) is 0 Å². The van der Waals surface area contributed by atoms with E-state index >= 15 is 0 Å². The molecule has 2 rings (SSSR count). The quantitative estimate of drug-likeness (QED) is 0.862. The first-order valence-corrected chi connectivity index (χ1v) is 5.87. The molecule has 5 nitrogen and oxygen atoms in total. The molecule has 0 unspecified atom stereocenters. The van der Waals surface area contributed by atoms with E-state index in [-0.39, 0.29) is 0 Å². The van der Waals surface area contributed by atoms with Gasteiger partial charge in [0, 0.05) is 12.1 Å². The van der Waals surface area contributed by atoms with Crippen LogP contribution in [0.25, 0.3) is 11.3 Å². The monoisotopic (exact) mass is 280 g/mol. The lowest BCUT2D eigenvalue weighted by atomic mass is 10.1. The molecule has 2 aromatic rings. The molecule has 1 aromatic carbocycles. The van der Waals surface area contributed by atoms with E-state index in [2.05, 4.69) is 10.2 Å². The number of hydrogen-bond donors (Lipinski definition) is 0. The predicted octanol–water partition coefficient (Wildman–Crippen LogP) is 2.82. The van der Waals surface area contributed by atoms with Gasteiger partial charge in [-0.2, -0.15) is 0 Å². The highest BCUT2D eigenvalue weighted by Crippen LogP contribution is 2.40. The third-order valence-corrected chi connectivity index (χ3v) is 2.80. The SMILES string of the molecule is COc1cc(OC)c(-c2ccc(Cl)nn2)c(OC)c1. The molecule has 0 N–H and O–H groups in total. The van der Waals surface area contributed by atoms with Crippen molar-refractivity contribution in [2.24, 2.45) is 0 Å². The number of nitrogens with zero attached hydrogens (tertiary/aromatic N) is 2. The van der Waals surface area contributed by atoms with Crippen LogP contribution in [0, 0.1) is 0 Å². The Morgan fingerprint density at radius 2 is 1.53 bits per heavy atom. The van der Waals surface area contributed by atoms with Crippen LogP contribution < -0.4 is 14.2 Å². The summed E-state index contributed by atoms with van der Waals surface area (Å²) < 4.78 is 15.9. The molecule has 1 aromatic heterocycles. The zero-order valence-corrected chi connectivity index (χ0v) is 11.6. The number of methoxy groups -OCH3 is 3. The molecule has 0 amide bonds. The Hall–Kier alpha value is -2.01. The standard InChI is InChI=1S/C13H13ClN2O3/c1-17-8-6-10(18-2)13(11(7-8)19-3)9-4-5-12(14)16-15-9/h4-7H,1-3H3. The van der Waals surface area contributed by atoms with Crippen LogP contribution in [0.1, 0.15) is 0 Å². The zero-order valence-electron chi connectivity index (χ0n) is 10.8. The van der Waals surface area contributed by atoms with Crippen LogP contribution in [0.15, 0.2) is 24.3 Å². The van der Waals surface area contributed by atoms with Crippen molar-refractivity contribution in [2.75, 3.05) is 21.3 Å². The van der Waals surface area contributed by atoms with E-state index in [0.717, 1.165) is 0 Å². The molecule has 0 saturated carbocycles. The Balaban J connectivity index is 2.63. The van der Waals surface area contributed by atoms with Gasteiger partial charge in [0.05, 0.1) is 26.9 Å². The van der Waals surface area contributed by atoms with Crippen LogP contribution in [-0.2, 0) is 0 Å². The molecule has 0 atom stereocenters. The molecule has 100 valence electrons. The summed E-state index contributed by atoms with van der Waals surface area (Å²) in [6, 6.07) is 6.93. The minimum absolute atomic E-state index is 0.329. The van der Waals surface area contributed by atoms with Gasteiger partial charge in [-0.1, -0.05) is 11.6 Å². The van der Waals surface area contributed by atoms with Crippen LogP contribution in [0.3, 0.4) is 0 Å². The van der Waals surface area contributed by atoms with Gasteiger partial charge >= 0.3 is 0 Å². The number of benzene rings is 1. The lowest BCUT2D eigenvalue weighted by Crippen LogP contribution is -1.97. The number of hydrogen-bond acceptors (Lipinski definition) is 5. The smallest absolute Gasteiger partial charge is 0.151 e. The largest absolute Gasteiger partial charge is 0.496 e. The van der Waals surface area contributed by atoms with Crippen LogP contribution in [0.5, 0.6) is 17.2 Å². The maximum Gasteiger partial charge on any atom is 0.151 e. The van der Waals surface area contributed by atoms with E-state index < -0.39 is 0 Å². The van der Waals surface area contributed by atoms with E-state index in [1.807, 2.05) is 0 Å². The van der Waals surface area contributed by atoms with E-state index in [1.54, 1.807) is 45.6 Å². The maximum absolute atomic E-state index is 5.74. The van der Waals surface area contributed by atoms with Gasteiger partial charge in [-0.25, -0.2) is 0 Å². The van der Waals surface area contributed by atoms with E-state index in [4.69, 9.17) is 25.8 Å². The molecular formula is C13H13ClN2O3. The average Bonchev–Trinajstić information content (AvgIpc) is 2.46. The molecule has 0 bridgehead atoms. The van der Waals surface area contributed by atoms with Crippen molar-refractivity contribution in [3.63, 3.8) is 0 Å². The molecule has 0 saturated heterocycles.